The first-order valence-electron chi connectivity index (χ1n) is 8.07. The molecule has 1 heterocycles. The lowest BCUT2D eigenvalue weighted by molar-refractivity contribution is 0.146. The third-order valence-electron chi connectivity index (χ3n) is 3.25. The van der Waals surface area contributed by atoms with Gasteiger partial charge in [0, 0.05) is 18.5 Å². The highest BCUT2D eigenvalue weighted by Gasteiger charge is 2.00. The van der Waals surface area contributed by atoms with E-state index in [1.165, 1.54) is 4.88 Å². The second-order valence-corrected chi connectivity index (χ2v) is 6.15. The highest BCUT2D eigenvalue weighted by molar-refractivity contribution is 14.0. The molecule has 0 bridgehead atoms. The van der Waals surface area contributed by atoms with Gasteiger partial charge in [-0.05, 0) is 36.1 Å². The minimum Gasteiger partial charge on any atom is -0.491 e. The Kier molecular flexibility index (Phi) is 11.3. The number of hydrogen-bond acceptors (Lipinski definition) is 4. The van der Waals surface area contributed by atoms with E-state index in [2.05, 4.69) is 40.1 Å². The predicted octanol–water partition coefficient (Wildman–Crippen LogP) is 3.65. The highest BCUT2D eigenvalue weighted by atomic mass is 127. The fourth-order valence-corrected chi connectivity index (χ4v) is 2.67. The van der Waals surface area contributed by atoms with Gasteiger partial charge in [-0.15, -0.1) is 35.3 Å². The summed E-state index contributed by atoms with van der Waals surface area (Å²) in [6.07, 6.45) is 0. The van der Waals surface area contributed by atoms with Gasteiger partial charge in [0.15, 0.2) is 5.96 Å². The van der Waals surface area contributed by atoms with Gasteiger partial charge in [-0.1, -0.05) is 18.2 Å². The summed E-state index contributed by atoms with van der Waals surface area (Å²) in [4.78, 5) is 5.92. The van der Waals surface area contributed by atoms with Crippen LogP contribution in [0.2, 0.25) is 0 Å². The second kappa shape index (κ2) is 13.0. The van der Waals surface area contributed by atoms with Gasteiger partial charge < -0.3 is 20.1 Å². The van der Waals surface area contributed by atoms with E-state index in [9.17, 15) is 0 Å². The molecule has 0 radical (unpaired) electrons. The second-order valence-electron chi connectivity index (χ2n) is 5.11. The Morgan fingerprint density at radius 2 is 1.92 bits per heavy atom. The third kappa shape index (κ3) is 8.55. The van der Waals surface area contributed by atoms with Crippen LogP contribution < -0.4 is 15.4 Å². The average Bonchev–Trinajstić information content (AvgIpc) is 3.12. The monoisotopic (exact) mass is 475 g/mol. The Balaban J connectivity index is 0.00000312. The first kappa shape index (κ1) is 21.7. The standard InChI is InChI=1S/C18H25N3O2S.HI/c1-3-19-18(21-14-17-5-4-12-24-17)20-13-15-6-8-16(9-7-15)23-11-10-22-2;/h4-9,12H,3,10-11,13-14H2,1-2H3,(H2,19,20,21);1H. The van der Waals surface area contributed by atoms with Gasteiger partial charge in [-0.25, -0.2) is 4.99 Å². The van der Waals surface area contributed by atoms with E-state index in [-0.39, 0.29) is 24.0 Å². The Morgan fingerprint density at radius 1 is 1.12 bits per heavy atom. The molecule has 0 spiro atoms. The molecule has 0 fully saturated rings. The maximum Gasteiger partial charge on any atom is 0.191 e. The van der Waals surface area contributed by atoms with Crippen LogP contribution in [0.5, 0.6) is 5.75 Å². The van der Waals surface area contributed by atoms with Crippen molar-refractivity contribution in [1.29, 1.82) is 0 Å². The fraction of sp³-hybridized carbons (Fsp3) is 0.389. The van der Waals surface area contributed by atoms with Crippen molar-refractivity contribution < 1.29 is 9.47 Å². The normalized spacial score (nSPS) is 10.9. The van der Waals surface area contributed by atoms with Crippen LogP contribution >= 0.6 is 35.3 Å². The number of guanidine groups is 1. The van der Waals surface area contributed by atoms with Crippen LogP contribution in [0.3, 0.4) is 0 Å². The Morgan fingerprint density at radius 3 is 2.56 bits per heavy atom. The van der Waals surface area contributed by atoms with Crippen LogP contribution in [0.25, 0.3) is 0 Å². The van der Waals surface area contributed by atoms with E-state index in [4.69, 9.17) is 9.47 Å². The summed E-state index contributed by atoms with van der Waals surface area (Å²) in [5.74, 6) is 1.67. The summed E-state index contributed by atoms with van der Waals surface area (Å²) in [5.41, 5.74) is 1.14. The van der Waals surface area contributed by atoms with Gasteiger partial charge in [-0.2, -0.15) is 0 Å². The molecule has 2 aromatic rings. The van der Waals surface area contributed by atoms with Gasteiger partial charge in [-0.3, -0.25) is 0 Å². The minimum absolute atomic E-state index is 0. The first-order valence-corrected chi connectivity index (χ1v) is 8.95. The van der Waals surface area contributed by atoms with E-state index < -0.39 is 0 Å². The number of benzene rings is 1. The van der Waals surface area contributed by atoms with E-state index in [0.717, 1.165) is 30.4 Å². The molecule has 25 heavy (non-hydrogen) atoms. The zero-order valence-corrected chi connectivity index (χ0v) is 17.8. The Hall–Kier alpha value is -1.32. The summed E-state index contributed by atoms with van der Waals surface area (Å²) < 4.78 is 10.5. The number of methoxy groups -OCH3 is 1. The maximum atomic E-state index is 5.56. The Bertz CT molecular complexity index is 603. The summed E-state index contributed by atoms with van der Waals surface area (Å²) in [6, 6.07) is 12.2. The number of hydrogen-bond donors (Lipinski definition) is 2. The van der Waals surface area contributed by atoms with Gasteiger partial charge in [0.25, 0.3) is 0 Å². The molecule has 2 N–H and O–H groups in total. The summed E-state index contributed by atoms with van der Waals surface area (Å²) >= 11 is 1.74. The first-order chi connectivity index (χ1) is 11.8. The maximum absolute atomic E-state index is 5.56. The summed E-state index contributed by atoms with van der Waals surface area (Å²) in [6.45, 7) is 5.46. The molecule has 0 aliphatic heterocycles. The number of nitrogens with zero attached hydrogens (tertiary/aromatic N) is 1. The number of ether oxygens (including phenoxy) is 2. The van der Waals surface area contributed by atoms with Crippen LogP contribution in [-0.2, 0) is 17.8 Å². The Labute approximate surface area is 170 Å². The van der Waals surface area contributed by atoms with Gasteiger partial charge in [0.1, 0.15) is 12.4 Å². The molecule has 0 saturated heterocycles. The average molecular weight is 475 g/mol. The van der Waals surface area contributed by atoms with Crippen molar-refractivity contribution in [3.8, 4) is 5.75 Å². The van der Waals surface area contributed by atoms with Crippen LogP contribution in [0.15, 0.2) is 46.8 Å². The molecule has 0 unspecified atom stereocenters. The van der Waals surface area contributed by atoms with E-state index >= 15 is 0 Å². The van der Waals surface area contributed by atoms with Crippen molar-refractivity contribution in [2.45, 2.75) is 20.0 Å². The van der Waals surface area contributed by atoms with Crippen LogP contribution in [-0.4, -0.2) is 32.8 Å². The van der Waals surface area contributed by atoms with Gasteiger partial charge in [0.2, 0.25) is 0 Å². The van der Waals surface area contributed by atoms with Crippen LogP contribution in [0.4, 0.5) is 0 Å². The van der Waals surface area contributed by atoms with Crippen molar-refractivity contribution in [2.24, 2.45) is 4.99 Å². The lowest BCUT2D eigenvalue weighted by atomic mass is 10.2. The zero-order valence-electron chi connectivity index (χ0n) is 14.7. The van der Waals surface area contributed by atoms with E-state index in [0.29, 0.717) is 19.8 Å². The lowest BCUT2D eigenvalue weighted by Gasteiger charge is -2.10. The number of thiophene rings is 1. The molecule has 7 heteroatoms. The van der Waals surface area contributed by atoms with E-state index in [1.807, 2.05) is 24.3 Å². The number of rotatable bonds is 9. The molecule has 0 aliphatic rings. The van der Waals surface area contributed by atoms with Crippen molar-refractivity contribution >= 4 is 41.3 Å². The third-order valence-corrected chi connectivity index (χ3v) is 4.13. The van der Waals surface area contributed by atoms with Crippen LogP contribution in [0.1, 0.15) is 17.4 Å². The molecule has 0 atom stereocenters. The van der Waals surface area contributed by atoms with Crippen molar-refractivity contribution in [3.63, 3.8) is 0 Å². The van der Waals surface area contributed by atoms with Crippen molar-refractivity contribution in [3.05, 3.63) is 52.2 Å². The van der Waals surface area contributed by atoms with E-state index in [1.54, 1.807) is 18.4 Å². The van der Waals surface area contributed by atoms with Gasteiger partial charge in [0.05, 0.1) is 19.7 Å². The van der Waals surface area contributed by atoms with Crippen molar-refractivity contribution in [2.75, 3.05) is 26.9 Å². The molecular formula is C18H26IN3O2S. The number of nitrogens with one attached hydrogen (secondary N) is 2. The molecule has 5 nitrogen and oxygen atoms in total. The molecule has 2 rings (SSSR count). The predicted molar refractivity (Wildman–Crippen MR) is 115 cm³/mol. The largest absolute Gasteiger partial charge is 0.491 e. The number of aliphatic imine (C=N–C) groups is 1. The molecule has 1 aromatic heterocycles. The molecular weight excluding hydrogens is 449 g/mol. The summed E-state index contributed by atoms with van der Waals surface area (Å²) in [7, 11) is 1.67. The summed E-state index contributed by atoms with van der Waals surface area (Å²) in [5, 5.41) is 8.70. The zero-order chi connectivity index (χ0) is 17.0. The SMILES string of the molecule is CCNC(=NCc1ccc(OCCOC)cc1)NCc1cccs1.I. The minimum atomic E-state index is 0. The quantitative estimate of drug-likeness (QED) is 0.252. The fourth-order valence-electron chi connectivity index (χ4n) is 2.03. The topological polar surface area (TPSA) is 54.9 Å². The van der Waals surface area contributed by atoms with Gasteiger partial charge >= 0.3 is 0 Å². The van der Waals surface area contributed by atoms with Crippen LogP contribution in [0, 0.1) is 0 Å². The molecule has 0 aliphatic carbocycles. The molecule has 0 amide bonds. The molecule has 138 valence electrons. The number of halogens is 1. The lowest BCUT2D eigenvalue weighted by Crippen LogP contribution is -2.36. The smallest absolute Gasteiger partial charge is 0.191 e. The van der Waals surface area contributed by atoms with Crippen molar-refractivity contribution in [1.82, 2.24) is 10.6 Å². The molecule has 0 saturated carbocycles. The molecule has 1 aromatic carbocycles. The highest BCUT2D eigenvalue weighted by Crippen LogP contribution is 2.13.